The van der Waals surface area contributed by atoms with Gasteiger partial charge in [-0.3, -0.25) is 4.79 Å². The van der Waals surface area contributed by atoms with Gasteiger partial charge in [0.15, 0.2) is 5.76 Å². The van der Waals surface area contributed by atoms with E-state index in [1.807, 2.05) is 42.5 Å². The minimum Gasteiger partial charge on any atom is -0.497 e. The normalized spacial score (nSPS) is 10.6. The van der Waals surface area contributed by atoms with Gasteiger partial charge in [-0.25, -0.2) is 0 Å². The van der Waals surface area contributed by atoms with Crippen molar-refractivity contribution in [3.63, 3.8) is 0 Å². The first kappa shape index (κ1) is 14.7. The third-order valence-corrected chi connectivity index (χ3v) is 3.79. The molecular weight excluding hydrogens is 346 g/mol. The molecule has 0 aliphatic rings. The van der Waals surface area contributed by atoms with Crippen molar-refractivity contribution in [2.75, 3.05) is 7.11 Å². The van der Waals surface area contributed by atoms with Crippen LogP contribution in [0.5, 0.6) is 5.75 Å². The second-order valence-electron chi connectivity index (χ2n) is 4.83. The zero-order valence-corrected chi connectivity index (χ0v) is 13.5. The summed E-state index contributed by atoms with van der Waals surface area (Å²) in [6.07, 6.45) is 0. The van der Waals surface area contributed by atoms with Crippen molar-refractivity contribution >= 4 is 32.8 Å². The van der Waals surface area contributed by atoms with Crippen LogP contribution in [0.1, 0.15) is 16.1 Å². The van der Waals surface area contributed by atoms with Gasteiger partial charge in [-0.2, -0.15) is 0 Å². The fourth-order valence-electron chi connectivity index (χ4n) is 2.17. The summed E-state index contributed by atoms with van der Waals surface area (Å²) < 4.78 is 11.7. The maximum Gasteiger partial charge on any atom is 0.287 e. The minimum atomic E-state index is -0.241. The van der Waals surface area contributed by atoms with Crippen LogP contribution in [-0.4, -0.2) is 13.0 Å². The summed E-state index contributed by atoms with van der Waals surface area (Å²) in [4.78, 5) is 12.2. The Hall–Kier alpha value is -2.27. The Morgan fingerprint density at radius 3 is 2.91 bits per heavy atom. The fraction of sp³-hybridized carbons (Fsp3) is 0.118. The zero-order chi connectivity index (χ0) is 15.5. The number of benzene rings is 2. The number of methoxy groups -OCH3 is 1. The smallest absolute Gasteiger partial charge is 0.287 e. The molecule has 1 amide bonds. The van der Waals surface area contributed by atoms with Gasteiger partial charge in [0.25, 0.3) is 5.91 Å². The van der Waals surface area contributed by atoms with Gasteiger partial charge in [-0.15, -0.1) is 0 Å². The number of halogens is 1. The van der Waals surface area contributed by atoms with Crippen molar-refractivity contribution in [3.05, 3.63) is 64.3 Å². The van der Waals surface area contributed by atoms with Crippen molar-refractivity contribution in [1.82, 2.24) is 5.32 Å². The predicted octanol–water partition coefficient (Wildman–Crippen LogP) is 4.13. The molecule has 0 atom stereocenters. The Morgan fingerprint density at radius 2 is 2.09 bits per heavy atom. The van der Waals surface area contributed by atoms with E-state index >= 15 is 0 Å². The van der Waals surface area contributed by atoms with E-state index in [9.17, 15) is 4.79 Å². The number of rotatable bonds is 4. The molecule has 1 aromatic heterocycles. The molecule has 4 nitrogen and oxygen atoms in total. The van der Waals surface area contributed by atoms with Crippen LogP contribution in [0.25, 0.3) is 11.0 Å². The molecule has 3 aromatic rings. The van der Waals surface area contributed by atoms with Crippen molar-refractivity contribution in [2.45, 2.75) is 6.54 Å². The molecule has 0 bridgehead atoms. The summed E-state index contributed by atoms with van der Waals surface area (Å²) in [6.45, 7) is 0.413. The van der Waals surface area contributed by atoms with E-state index in [4.69, 9.17) is 9.15 Å². The molecule has 112 valence electrons. The third kappa shape index (κ3) is 3.14. The van der Waals surface area contributed by atoms with Crippen LogP contribution in [-0.2, 0) is 6.54 Å². The highest BCUT2D eigenvalue weighted by Crippen LogP contribution is 2.23. The van der Waals surface area contributed by atoms with Crippen molar-refractivity contribution < 1.29 is 13.9 Å². The maximum absolute atomic E-state index is 12.2. The molecule has 0 saturated heterocycles. The van der Waals surface area contributed by atoms with Crippen molar-refractivity contribution in [3.8, 4) is 5.75 Å². The fourth-order valence-corrected chi connectivity index (χ4v) is 2.51. The molecule has 0 saturated carbocycles. The number of hydrogen-bond acceptors (Lipinski definition) is 3. The third-order valence-electron chi connectivity index (χ3n) is 3.29. The summed E-state index contributed by atoms with van der Waals surface area (Å²) in [6, 6.07) is 15.0. The predicted molar refractivity (Wildman–Crippen MR) is 88.1 cm³/mol. The molecule has 0 spiro atoms. The minimum absolute atomic E-state index is 0.241. The lowest BCUT2D eigenvalue weighted by molar-refractivity contribution is 0.0925. The molecule has 0 aliphatic carbocycles. The molecule has 3 rings (SSSR count). The molecule has 0 radical (unpaired) electrons. The molecule has 0 fully saturated rings. The number of hydrogen-bond donors (Lipinski definition) is 1. The van der Waals surface area contributed by atoms with E-state index in [2.05, 4.69) is 21.2 Å². The summed E-state index contributed by atoms with van der Waals surface area (Å²) in [5, 5.41) is 3.74. The second-order valence-corrected chi connectivity index (χ2v) is 5.74. The first-order valence-electron chi connectivity index (χ1n) is 6.76. The van der Waals surface area contributed by atoms with Gasteiger partial charge in [-0.1, -0.05) is 28.1 Å². The monoisotopic (exact) mass is 359 g/mol. The molecule has 2 aromatic carbocycles. The highest BCUT2D eigenvalue weighted by Gasteiger charge is 2.12. The Bertz CT molecular complexity index is 826. The number of fused-ring (bicyclic) bond motifs is 1. The van der Waals surface area contributed by atoms with E-state index in [1.165, 1.54) is 0 Å². The summed E-state index contributed by atoms with van der Waals surface area (Å²) >= 11 is 3.38. The van der Waals surface area contributed by atoms with Gasteiger partial charge in [-0.05, 0) is 42.0 Å². The van der Waals surface area contributed by atoms with Gasteiger partial charge < -0.3 is 14.5 Å². The molecule has 0 unspecified atom stereocenters. The lowest BCUT2D eigenvalue weighted by atomic mass is 10.2. The van der Waals surface area contributed by atoms with Crippen LogP contribution in [0, 0.1) is 0 Å². The van der Waals surface area contributed by atoms with E-state index in [0.29, 0.717) is 17.9 Å². The lowest BCUT2D eigenvalue weighted by Gasteiger charge is -2.05. The average molecular weight is 360 g/mol. The first-order valence-corrected chi connectivity index (χ1v) is 7.55. The van der Waals surface area contributed by atoms with Crippen LogP contribution in [0.15, 0.2) is 57.4 Å². The van der Waals surface area contributed by atoms with Gasteiger partial charge in [0, 0.05) is 16.4 Å². The van der Waals surface area contributed by atoms with E-state index in [-0.39, 0.29) is 5.91 Å². The number of amides is 1. The first-order chi connectivity index (χ1) is 10.7. The van der Waals surface area contributed by atoms with Gasteiger partial charge >= 0.3 is 0 Å². The quantitative estimate of drug-likeness (QED) is 0.761. The topological polar surface area (TPSA) is 51.5 Å². The van der Waals surface area contributed by atoms with Gasteiger partial charge in [0.2, 0.25) is 0 Å². The van der Waals surface area contributed by atoms with E-state index < -0.39 is 0 Å². The number of carbonyl (C=O) groups excluding carboxylic acids is 1. The number of nitrogens with one attached hydrogen (secondary N) is 1. The highest BCUT2D eigenvalue weighted by atomic mass is 79.9. The van der Waals surface area contributed by atoms with Gasteiger partial charge in [0.05, 0.1) is 7.11 Å². The average Bonchev–Trinajstić information content (AvgIpc) is 2.96. The standard InChI is InChI=1S/C17H14BrNO3/c1-21-14-4-2-3-11(7-14)10-19-17(20)16-8-12-5-6-13(18)9-15(12)22-16/h2-9H,10H2,1H3,(H,19,20). The lowest BCUT2D eigenvalue weighted by Crippen LogP contribution is -2.22. The summed E-state index contributed by atoms with van der Waals surface area (Å²) in [5.74, 6) is 0.825. The van der Waals surface area contributed by atoms with Crippen molar-refractivity contribution in [1.29, 1.82) is 0 Å². The van der Waals surface area contributed by atoms with Crippen LogP contribution in [0.2, 0.25) is 0 Å². The van der Waals surface area contributed by atoms with Crippen LogP contribution in [0.4, 0.5) is 0 Å². The highest BCUT2D eigenvalue weighted by molar-refractivity contribution is 9.10. The van der Waals surface area contributed by atoms with Crippen LogP contribution in [0.3, 0.4) is 0 Å². The SMILES string of the molecule is COc1cccc(CNC(=O)c2cc3ccc(Br)cc3o2)c1. The summed E-state index contributed by atoms with van der Waals surface area (Å²) in [7, 11) is 1.62. The number of furan rings is 1. The molecule has 0 aliphatic heterocycles. The van der Waals surface area contributed by atoms with Crippen molar-refractivity contribution in [2.24, 2.45) is 0 Å². The zero-order valence-electron chi connectivity index (χ0n) is 11.9. The molecule has 5 heteroatoms. The molecular formula is C17H14BrNO3. The second kappa shape index (κ2) is 6.23. The van der Waals surface area contributed by atoms with Gasteiger partial charge in [0.1, 0.15) is 11.3 Å². The molecule has 1 N–H and O–H groups in total. The Labute approximate surface area is 136 Å². The van der Waals surface area contributed by atoms with Crippen LogP contribution >= 0.6 is 15.9 Å². The molecule has 22 heavy (non-hydrogen) atoms. The Morgan fingerprint density at radius 1 is 1.23 bits per heavy atom. The molecule has 1 heterocycles. The Balaban J connectivity index is 1.72. The van der Waals surface area contributed by atoms with E-state index in [0.717, 1.165) is 21.2 Å². The number of carbonyl (C=O) groups is 1. The van der Waals surface area contributed by atoms with Crippen LogP contribution < -0.4 is 10.1 Å². The van der Waals surface area contributed by atoms with E-state index in [1.54, 1.807) is 13.2 Å². The largest absolute Gasteiger partial charge is 0.497 e. The number of ether oxygens (including phenoxy) is 1. The maximum atomic E-state index is 12.2. The Kier molecular flexibility index (Phi) is 4.15. The summed E-state index contributed by atoms with van der Waals surface area (Å²) in [5.41, 5.74) is 1.65.